The van der Waals surface area contributed by atoms with Crippen molar-refractivity contribution in [1.82, 2.24) is 9.97 Å². The van der Waals surface area contributed by atoms with E-state index in [9.17, 15) is 13.2 Å². The van der Waals surface area contributed by atoms with Gasteiger partial charge < -0.3 is 4.74 Å². The Morgan fingerprint density at radius 2 is 1.95 bits per heavy atom. The van der Waals surface area contributed by atoms with Crippen LogP contribution in [0.15, 0.2) is 35.6 Å². The molecule has 0 atom stereocenters. The molecule has 0 aliphatic heterocycles. The van der Waals surface area contributed by atoms with Gasteiger partial charge in [-0.3, -0.25) is 0 Å². The fourth-order valence-corrected chi connectivity index (χ4v) is 2.31. The number of nitrogens with zero attached hydrogens (tertiary/aromatic N) is 2. The average Bonchev–Trinajstić information content (AvgIpc) is 2.46. The van der Waals surface area contributed by atoms with Crippen molar-refractivity contribution < 1.29 is 17.9 Å². The van der Waals surface area contributed by atoms with Crippen molar-refractivity contribution >= 4 is 15.8 Å². The molecule has 110 valence electrons. The number of esters is 1. The number of hydrogen-bond donors (Lipinski definition) is 0. The molecule has 0 bridgehead atoms. The van der Waals surface area contributed by atoms with Gasteiger partial charge in [-0.1, -0.05) is 12.1 Å². The van der Waals surface area contributed by atoms with Crippen LogP contribution in [0.3, 0.4) is 0 Å². The standard InChI is InChI=1S/C14H14N2O4S/c1-9-4-5-10(8-11(9)13(17)20-2)12-6-7-15-14(16-12)21(3,18)19/h4-8H,1-3H3. The minimum absolute atomic E-state index is 0.250. The zero-order valence-corrected chi connectivity index (χ0v) is 12.6. The molecule has 6 nitrogen and oxygen atoms in total. The van der Waals surface area contributed by atoms with E-state index in [0.29, 0.717) is 16.8 Å². The number of ether oxygens (including phenoxy) is 1. The molecule has 1 aromatic carbocycles. The van der Waals surface area contributed by atoms with Crippen LogP contribution in [0.5, 0.6) is 0 Å². The van der Waals surface area contributed by atoms with Gasteiger partial charge in [0.05, 0.1) is 18.4 Å². The lowest BCUT2D eigenvalue weighted by Crippen LogP contribution is -2.06. The van der Waals surface area contributed by atoms with Crippen molar-refractivity contribution in [3.63, 3.8) is 0 Å². The first-order valence-electron chi connectivity index (χ1n) is 6.05. The molecule has 0 N–H and O–H groups in total. The summed E-state index contributed by atoms with van der Waals surface area (Å²) >= 11 is 0. The van der Waals surface area contributed by atoms with Gasteiger partial charge in [0, 0.05) is 18.0 Å². The summed E-state index contributed by atoms with van der Waals surface area (Å²) in [6, 6.07) is 6.72. The monoisotopic (exact) mass is 306 g/mol. The van der Waals surface area contributed by atoms with Crippen LogP contribution in [-0.4, -0.2) is 37.7 Å². The molecule has 0 fully saturated rings. The number of rotatable bonds is 3. The molecule has 0 spiro atoms. The van der Waals surface area contributed by atoms with Crippen LogP contribution in [0.25, 0.3) is 11.3 Å². The van der Waals surface area contributed by atoms with Crippen LogP contribution in [0.1, 0.15) is 15.9 Å². The van der Waals surface area contributed by atoms with E-state index < -0.39 is 15.8 Å². The highest BCUT2D eigenvalue weighted by atomic mass is 32.2. The van der Waals surface area contributed by atoms with Crippen LogP contribution >= 0.6 is 0 Å². The van der Waals surface area contributed by atoms with E-state index in [2.05, 4.69) is 9.97 Å². The second kappa shape index (κ2) is 5.61. The Labute approximate surface area is 122 Å². The Morgan fingerprint density at radius 1 is 1.24 bits per heavy atom. The van der Waals surface area contributed by atoms with E-state index >= 15 is 0 Å². The maximum atomic E-state index is 11.7. The molecule has 0 amide bonds. The number of carbonyl (C=O) groups excluding carboxylic acids is 1. The highest BCUT2D eigenvalue weighted by molar-refractivity contribution is 7.90. The van der Waals surface area contributed by atoms with Crippen molar-refractivity contribution in [3.8, 4) is 11.3 Å². The Balaban J connectivity index is 2.55. The minimum atomic E-state index is -3.49. The topological polar surface area (TPSA) is 86.2 Å². The van der Waals surface area contributed by atoms with Gasteiger partial charge in [0.25, 0.3) is 0 Å². The van der Waals surface area contributed by atoms with E-state index in [1.165, 1.54) is 13.3 Å². The van der Waals surface area contributed by atoms with Gasteiger partial charge in [0.2, 0.25) is 15.0 Å². The lowest BCUT2D eigenvalue weighted by atomic mass is 10.0. The van der Waals surface area contributed by atoms with Crippen molar-refractivity contribution in [1.29, 1.82) is 0 Å². The fraction of sp³-hybridized carbons (Fsp3) is 0.214. The van der Waals surface area contributed by atoms with Crippen molar-refractivity contribution in [2.24, 2.45) is 0 Å². The average molecular weight is 306 g/mol. The summed E-state index contributed by atoms with van der Waals surface area (Å²) in [6.45, 7) is 1.79. The van der Waals surface area contributed by atoms with Crippen LogP contribution in [0.2, 0.25) is 0 Å². The molecule has 0 saturated carbocycles. The molecule has 2 rings (SSSR count). The Kier molecular flexibility index (Phi) is 4.04. The quantitative estimate of drug-likeness (QED) is 0.633. The molecule has 21 heavy (non-hydrogen) atoms. The Hall–Kier alpha value is -2.28. The Bertz CT molecular complexity index is 800. The lowest BCUT2D eigenvalue weighted by molar-refractivity contribution is 0.0600. The number of aromatic nitrogens is 2. The first-order chi connectivity index (χ1) is 9.82. The first-order valence-corrected chi connectivity index (χ1v) is 7.94. The smallest absolute Gasteiger partial charge is 0.338 e. The van der Waals surface area contributed by atoms with E-state index in [1.54, 1.807) is 31.2 Å². The largest absolute Gasteiger partial charge is 0.465 e. The molecule has 0 aliphatic carbocycles. The summed E-state index contributed by atoms with van der Waals surface area (Å²) in [4.78, 5) is 19.4. The third-order valence-corrected chi connectivity index (χ3v) is 3.76. The van der Waals surface area contributed by atoms with E-state index in [1.807, 2.05) is 0 Å². The van der Waals surface area contributed by atoms with Crippen molar-refractivity contribution in [3.05, 3.63) is 41.6 Å². The zero-order chi connectivity index (χ0) is 15.6. The molecule has 2 aromatic rings. The van der Waals surface area contributed by atoms with Crippen LogP contribution < -0.4 is 0 Å². The molecular weight excluding hydrogens is 292 g/mol. The third kappa shape index (κ3) is 3.25. The lowest BCUT2D eigenvalue weighted by Gasteiger charge is -2.07. The van der Waals surface area contributed by atoms with Gasteiger partial charge >= 0.3 is 5.97 Å². The number of sulfone groups is 1. The van der Waals surface area contributed by atoms with Gasteiger partial charge in [-0.25, -0.2) is 23.2 Å². The first kappa shape index (κ1) is 15.1. The summed E-state index contributed by atoms with van der Waals surface area (Å²) in [5, 5.41) is -0.250. The second-order valence-electron chi connectivity index (χ2n) is 4.52. The second-order valence-corrected chi connectivity index (χ2v) is 6.43. The molecule has 1 aromatic heterocycles. The summed E-state index contributed by atoms with van der Waals surface area (Å²) in [6.07, 6.45) is 2.41. The van der Waals surface area contributed by atoms with Gasteiger partial charge in [0.15, 0.2) is 0 Å². The zero-order valence-electron chi connectivity index (χ0n) is 11.8. The molecule has 7 heteroatoms. The van der Waals surface area contributed by atoms with Crippen molar-refractivity contribution in [2.75, 3.05) is 13.4 Å². The Morgan fingerprint density at radius 3 is 2.57 bits per heavy atom. The summed E-state index contributed by atoms with van der Waals surface area (Å²) in [5.74, 6) is -0.452. The van der Waals surface area contributed by atoms with Gasteiger partial charge in [0.1, 0.15) is 0 Å². The van der Waals surface area contributed by atoms with Crippen LogP contribution in [-0.2, 0) is 14.6 Å². The van der Waals surface area contributed by atoms with E-state index in [4.69, 9.17) is 4.74 Å². The number of aryl methyl sites for hydroxylation is 1. The molecule has 0 saturated heterocycles. The number of hydrogen-bond acceptors (Lipinski definition) is 6. The fourth-order valence-electron chi connectivity index (χ4n) is 1.79. The van der Waals surface area contributed by atoms with Gasteiger partial charge in [-0.05, 0) is 24.6 Å². The van der Waals surface area contributed by atoms with Crippen molar-refractivity contribution in [2.45, 2.75) is 12.1 Å². The van der Waals surface area contributed by atoms with Gasteiger partial charge in [-0.2, -0.15) is 0 Å². The van der Waals surface area contributed by atoms with Crippen LogP contribution in [0.4, 0.5) is 0 Å². The maximum Gasteiger partial charge on any atom is 0.338 e. The van der Waals surface area contributed by atoms with Gasteiger partial charge in [-0.15, -0.1) is 0 Å². The molecule has 1 heterocycles. The summed E-state index contributed by atoms with van der Waals surface area (Å²) in [5.41, 5.74) is 2.22. The molecule has 0 aliphatic rings. The number of benzene rings is 1. The predicted octanol–water partition coefficient (Wildman–Crippen LogP) is 1.64. The maximum absolute atomic E-state index is 11.7. The normalized spacial score (nSPS) is 11.2. The van der Waals surface area contributed by atoms with E-state index in [0.717, 1.165) is 11.8 Å². The number of methoxy groups -OCH3 is 1. The summed E-state index contributed by atoms with van der Waals surface area (Å²) in [7, 11) is -2.18. The molecular formula is C14H14N2O4S. The third-order valence-electron chi connectivity index (χ3n) is 2.90. The SMILES string of the molecule is COC(=O)c1cc(-c2ccnc(S(C)(=O)=O)n2)ccc1C. The number of carbonyl (C=O) groups is 1. The van der Waals surface area contributed by atoms with Crippen LogP contribution in [0, 0.1) is 6.92 Å². The molecule has 0 unspecified atom stereocenters. The molecule has 0 radical (unpaired) electrons. The predicted molar refractivity (Wildman–Crippen MR) is 76.7 cm³/mol. The highest BCUT2D eigenvalue weighted by Crippen LogP contribution is 2.21. The minimum Gasteiger partial charge on any atom is -0.465 e. The van der Waals surface area contributed by atoms with E-state index in [-0.39, 0.29) is 5.16 Å². The highest BCUT2D eigenvalue weighted by Gasteiger charge is 2.14. The summed E-state index contributed by atoms with van der Waals surface area (Å²) < 4.78 is 27.7.